The van der Waals surface area contributed by atoms with Gasteiger partial charge in [-0.1, -0.05) is 0 Å². The maximum atomic E-state index is 12.1. The van der Waals surface area contributed by atoms with E-state index in [9.17, 15) is 9.59 Å². The zero-order chi connectivity index (χ0) is 14.5. The van der Waals surface area contributed by atoms with Crippen molar-refractivity contribution < 1.29 is 14.7 Å². The van der Waals surface area contributed by atoms with Crippen LogP contribution in [-0.2, 0) is 0 Å². The molecule has 0 bridgehead atoms. The van der Waals surface area contributed by atoms with E-state index in [1.807, 2.05) is 6.92 Å². The van der Waals surface area contributed by atoms with Gasteiger partial charge < -0.3 is 15.3 Å². The van der Waals surface area contributed by atoms with Crippen LogP contribution in [0.25, 0.3) is 0 Å². The molecular formula is C15H20N2O3. The van der Waals surface area contributed by atoms with Gasteiger partial charge in [0.05, 0.1) is 6.61 Å². The van der Waals surface area contributed by atoms with Crippen molar-refractivity contribution in [2.75, 3.05) is 19.7 Å². The molecule has 108 valence electrons. The Hall–Kier alpha value is -1.88. The standard InChI is InChI=1S/C15H20N2O3/c1-2-17(9-10-18)15(20)12-5-3-11(4-6-12)14(19)16-13-7-8-13/h3-6,13,18H,2,7-10H2,1H3,(H,16,19). The largest absolute Gasteiger partial charge is 0.395 e. The molecule has 2 N–H and O–H groups in total. The molecule has 0 aromatic heterocycles. The summed E-state index contributed by atoms with van der Waals surface area (Å²) in [6, 6.07) is 6.97. The summed E-state index contributed by atoms with van der Waals surface area (Å²) in [6.07, 6.45) is 2.10. The number of rotatable bonds is 6. The van der Waals surface area contributed by atoms with Crippen molar-refractivity contribution in [2.24, 2.45) is 0 Å². The van der Waals surface area contributed by atoms with Gasteiger partial charge in [0, 0.05) is 30.3 Å². The Morgan fingerprint density at radius 1 is 1.25 bits per heavy atom. The number of aliphatic hydroxyl groups excluding tert-OH is 1. The molecule has 1 aliphatic carbocycles. The number of amides is 2. The first-order valence-corrected chi connectivity index (χ1v) is 6.96. The molecule has 2 amide bonds. The Morgan fingerprint density at radius 2 is 1.85 bits per heavy atom. The van der Waals surface area contributed by atoms with Crippen molar-refractivity contribution in [3.63, 3.8) is 0 Å². The molecule has 1 aliphatic rings. The van der Waals surface area contributed by atoms with Crippen molar-refractivity contribution in [3.8, 4) is 0 Å². The molecule has 1 aromatic carbocycles. The lowest BCUT2D eigenvalue weighted by atomic mass is 10.1. The predicted octanol–water partition coefficient (Wildman–Crippen LogP) is 1.03. The highest BCUT2D eigenvalue weighted by Crippen LogP contribution is 2.19. The minimum Gasteiger partial charge on any atom is -0.395 e. The van der Waals surface area contributed by atoms with E-state index in [0.29, 0.717) is 30.3 Å². The Morgan fingerprint density at radius 3 is 2.35 bits per heavy atom. The van der Waals surface area contributed by atoms with Crippen LogP contribution in [0.2, 0.25) is 0 Å². The lowest BCUT2D eigenvalue weighted by molar-refractivity contribution is 0.0731. The van der Waals surface area contributed by atoms with Gasteiger partial charge in [-0.2, -0.15) is 0 Å². The number of likely N-dealkylation sites (N-methyl/N-ethyl adjacent to an activating group) is 1. The summed E-state index contributed by atoms with van der Waals surface area (Å²) in [5.41, 5.74) is 1.10. The summed E-state index contributed by atoms with van der Waals surface area (Å²) in [6.45, 7) is 2.68. The number of carbonyl (C=O) groups is 2. The summed E-state index contributed by atoms with van der Waals surface area (Å²) in [5.74, 6) is -0.218. The van der Waals surface area contributed by atoms with Crippen LogP contribution in [0.5, 0.6) is 0 Å². The van der Waals surface area contributed by atoms with Gasteiger partial charge in [0.2, 0.25) is 0 Å². The maximum absolute atomic E-state index is 12.1. The second kappa shape index (κ2) is 6.52. The van der Waals surface area contributed by atoms with Crippen molar-refractivity contribution in [2.45, 2.75) is 25.8 Å². The van der Waals surface area contributed by atoms with Gasteiger partial charge in [-0.05, 0) is 44.0 Å². The van der Waals surface area contributed by atoms with E-state index in [2.05, 4.69) is 5.32 Å². The molecule has 5 heteroatoms. The number of carbonyl (C=O) groups excluding carboxylic acids is 2. The third-order valence-electron chi connectivity index (χ3n) is 3.35. The number of hydrogen-bond acceptors (Lipinski definition) is 3. The third kappa shape index (κ3) is 3.57. The average Bonchev–Trinajstić information content (AvgIpc) is 3.28. The average molecular weight is 276 g/mol. The van der Waals surface area contributed by atoms with Gasteiger partial charge in [0.15, 0.2) is 0 Å². The summed E-state index contributed by atoms with van der Waals surface area (Å²) in [4.78, 5) is 25.5. The Balaban J connectivity index is 2.02. The first-order chi connectivity index (χ1) is 9.65. The topological polar surface area (TPSA) is 69.6 Å². The van der Waals surface area contributed by atoms with Crippen LogP contribution >= 0.6 is 0 Å². The highest BCUT2D eigenvalue weighted by atomic mass is 16.3. The zero-order valence-corrected chi connectivity index (χ0v) is 11.6. The summed E-state index contributed by atoms with van der Waals surface area (Å²) < 4.78 is 0. The van der Waals surface area contributed by atoms with Gasteiger partial charge in [-0.15, -0.1) is 0 Å². The molecule has 0 heterocycles. The SMILES string of the molecule is CCN(CCO)C(=O)c1ccc(C(=O)NC2CC2)cc1. The number of aliphatic hydroxyl groups is 1. The lowest BCUT2D eigenvalue weighted by Crippen LogP contribution is -2.33. The Labute approximate surface area is 118 Å². The zero-order valence-electron chi connectivity index (χ0n) is 11.6. The molecule has 0 spiro atoms. The predicted molar refractivity (Wildman–Crippen MR) is 75.6 cm³/mol. The molecule has 0 unspecified atom stereocenters. The van der Waals surface area contributed by atoms with Gasteiger partial charge in [-0.25, -0.2) is 0 Å². The van der Waals surface area contributed by atoms with E-state index >= 15 is 0 Å². The molecule has 0 saturated heterocycles. The van der Waals surface area contributed by atoms with Crippen LogP contribution in [0.15, 0.2) is 24.3 Å². The summed E-state index contributed by atoms with van der Waals surface area (Å²) in [7, 11) is 0. The maximum Gasteiger partial charge on any atom is 0.253 e. The van der Waals surface area contributed by atoms with E-state index in [0.717, 1.165) is 12.8 Å². The van der Waals surface area contributed by atoms with Gasteiger partial charge in [-0.3, -0.25) is 9.59 Å². The van der Waals surface area contributed by atoms with Crippen LogP contribution < -0.4 is 5.32 Å². The molecule has 1 fully saturated rings. The number of nitrogens with zero attached hydrogens (tertiary/aromatic N) is 1. The van der Waals surface area contributed by atoms with Crippen LogP contribution in [0.4, 0.5) is 0 Å². The van der Waals surface area contributed by atoms with Gasteiger partial charge in [0.1, 0.15) is 0 Å². The number of nitrogens with one attached hydrogen (secondary N) is 1. The van der Waals surface area contributed by atoms with Gasteiger partial charge >= 0.3 is 0 Å². The second-order valence-electron chi connectivity index (χ2n) is 4.93. The molecule has 1 saturated carbocycles. The number of benzene rings is 1. The molecule has 2 rings (SSSR count). The fourth-order valence-electron chi connectivity index (χ4n) is 1.97. The molecule has 1 aromatic rings. The van der Waals surface area contributed by atoms with Crippen molar-refractivity contribution >= 4 is 11.8 Å². The molecule has 0 aliphatic heterocycles. The number of hydrogen-bond donors (Lipinski definition) is 2. The molecular weight excluding hydrogens is 256 g/mol. The van der Waals surface area contributed by atoms with E-state index in [1.165, 1.54) is 0 Å². The smallest absolute Gasteiger partial charge is 0.253 e. The second-order valence-corrected chi connectivity index (χ2v) is 4.93. The Bertz CT molecular complexity index is 480. The quantitative estimate of drug-likeness (QED) is 0.815. The molecule has 20 heavy (non-hydrogen) atoms. The fourth-order valence-corrected chi connectivity index (χ4v) is 1.97. The molecule has 5 nitrogen and oxygen atoms in total. The molecule has 0 radical (unpaired) electrons. The molecule has 0 atom stereocenters. The van der Waals surface area contributed by atoms with Crippen LogP contribution in [0.3, 0.4) is 0 Å². The fraction of sp³-hybridized carbons (Fsp3) is 0.467. The van der Waals surface area contributed by atoms with E-state index in [4.69, 9.17) is 5.11 Å². The lowest BCUT2D eigenvalue weighted by Gasteiger charge is -2.19. The van der Waals surface area contributed by atoms with Crippen LogP contribution in [-0.4, -0.2) is 47.6 Å². The van der Waals surface area contributed by atoms with Gasteiger partial charge in [0.25, 0.3) is 11.8 Å². The Kier molecular flexibility index (Phi) is 4.74. The normalized spacial score (nSPS) is 13.9. The summed E-state index contributed by atoms with van der Waals surface area (Å²) >= 11 is 0. The first kappa shape index (κ1) is 14.5. The minimum absolute atomic E-state index is 0.0541. The van der Waals surface area contributed by atoms with Crippen molar-refractivity contribution in [1.29, 1.82) is 0 Å². The first-order valence-electron chi connectivity index (χ1n) is 6.96. The minimum atomic E-state index is -0.129. The highest BCUT2D eigenvalue weighted by Gasteiger charge is 2.23. The third-order valence-corrected chi connectivity index (χ3v) is 3.35. The highest BCUT2D eigenvalue weighted by molar-refractivity contribution is 5.98. The van der Waals surface area contributed by atoms with E-state index in [1.54, 1.807) is 29.2 Å². The van der Waals surface area contributed by atoms with E-state index < -0.39 is 0 Å². The van der Waals surface area contributed by atoms with Crippen LogP contribution in [0.1, 0.15) is 40.5 Å². The van der Waals surface area contributed by atoms with Crippen molar-refractivity contribution in [3.05, 3.63) is 35.4 Å². The van der Waals surface area contributed by atoms with E-state index in [-0.39, 0.29) is 18.4 Å². The summed E-state index contributed by atoms with van der Waals surface area (Å²) in [5, 5.41) is 11.8. The van der Waals surface area contributed by atoms with Crippen molar-refractivity contribution in [1.82, 2.24) is 10.2 Å². The monoisotopic (exact) mass is 276 g/mol. The van der Waals surface area contributed by atoms with Crippen LogP contribution in [0, 0.1) is 0 Å².